The summed E-state index contributed by atoms with van der Waals surface area (Å²) in [5.41, 5.74) is 1.32. The van der Waals surface area contributed by atoms with Gasteiger partial charge in [-0.15, -0.1) is 0 Å². The number of rotatable bonds is 2. The molecule has 0 amide bonds. The van der Waals surface area contributed by atoms with E-state index < -0.39 is 0 Å². The molecule has 1 aromatic carbocycles. The number of hydrogen-bond donors (Lipinski definition) is 1. The predicted molar refractivity (Wildman–Crippen MR) is 70.9 cm³/mol. The molecule has 17 heavy (non-hydrogen) atoms. The lowest BCUT2D eigenvalue weighted by Gasteiger charge is -2.54. The van der Waals surface area contributed by atoms with Gasteiger partial charge in [0.25, 0.3) is 0 Å². The molecular weight excluding hydrogens is 206 g/mol. The average molecular weight is 227 g/mol. The van der Waals surface area contributed by atoms with Crippen molar-refractivity contribution in [3.8, 4) is 0 Å². The van der Waals surface area contributed by atoms with Crippen LogP contribution in [0.2, 0.25) is 0 Å². The largest absolute Gasteiger partial charge is 0.382 e. The van der Waals surface area contributed by atoms with Crippen LogP contribution in [0.15, 0.2) is 30.3 Å². The van der Waals surface area contributed by atoms with Crippen LogP contribution in [0, 0.1) is 23.7 Å². The first-order valence-electron chi connectivity index (χ1n) is 7.20. The minimum atomic E-state index is 0.769. The highest BCUT2D eigenvalue weighted by molar-refractivity contribution is 5.44. The molecule has 0 aromatic heterocycles. The van der Waals surface area contributed by atoms with Crippen LogP contribution in [0.4, 0.5) is 5.69 Å². The Bertz CT molecular complexity index is 369. The summed E-state index contributed by atoms with van der Waals surface area (Å²) in [6.45, 7) is 0. The van der Waals surface area contributed by atoms with Gasteiger partial charge in [0.2, 0.25) is 0 Å². The number of anilines is 1. The highest BCUT2D eigenvalue weighted by Crippen LogP contribution is 2.54. The highest BCUT2D eigenvalue weighted by Gasteiger charge is 2.48. The Hall–Kier alpha value is -0.980. The lowest BCUT2D eigenvalue weighted by molar-refractivity contribution is 0.00754. The molecule has 5 rings (SSSR count). The third kappa shape index (κ3) is 1.67. The molecule has 0 heterocycles. The molecule has 1 nitrogen and oxygen atoms in total. The molecule has 0 radical (unpaired) electrons. The molecular formula is C16H21N. The standard InChI is InChI=1S/C16H21N/c1-2-4-15(5-3-1)17-16-13-7-11-6-12(9-13)10-14(16)8-11/h1-5,11-14,16-17H,6-10H2. The van der Waals surface area contributed by atoms with Crippen molar-refractivity contribution in [1.82, 2.24) is 0 Å². The minimum Gasteiger partial charge on any atom is -0.382 e. The average Bonchev–Trinajstić information content (AvgIpc) is 2.34. The number of hydrogen-bond acceptors (Lipinski definition) is 1. The summed E-state index contributed by atoms with van der Waals surface area (Å²) < 4.78 is 0. The molecule has 1 heteroatoms. The third-order valence-corrected chi connectivity index (χ3v) is 5.33. The molecule has 0 atom stereocenters. The highest BCUT2D eigenvalue weighted by atomic mass is 14.9. The molecule has 90 valence electrons. The van der Waals surface area contributed by atoms with Gasteiger partial charge in [-0.05, 0) is 67.9 Å². The van der Waals surface area contributed by atoms with Gasteiger partial charge in [-0.25, -0.2) is 0 Å². The fourth-order valence-corrected chi connectivity index (χ4v) is 4.89. The predicted octanol–water partition coefficient (Wildman–Crippen LogP) is 3.92. The number of para-hydroxylation sites is 1. The maximum Gasteiger partial charge on any atom is 0.0342 e. The molecule has 0 saturated heterocycles. The topological polar surface area (TPSA) is 12.0 Å². The Labute approximate surface area is 104 Å². The Morgan fingerprint density at radius 2 is 1.35 bits per heavy atom. The van der Waals surface area contributed by atoms with E-state index in [-0.39, 0.29) is 0 Å². The van der Waals surface area contributed by atoms with Gasteiger partial charge in [-0.3, -0.25) is 0 Å². The van der Waals surface area contributed by atoms with Crippen molar-refractivity contribution in [1.29, 1.82) is 0 Å². The molecule has 4 bridgehead atoms. The van der Waals surface area contributed by atoms with Crippen LogP contribution < -0.4 is 5.32 Å². The second-order valence-corrected chi connectivity index (χ2v) is 6.47. The van der Waals surface area contributed by atoms with Crippen LogP contribution in [-0.2, 0) is 0 Å². The van der Waals surface area contributed by atoms with Crippen LogP contribution >= 0.6 is 0 Å². The molecule has 4 saturated carbocycles. The van der Waals surface area contributed by atoms with Crippen LogP contribution in [-0.4, -0.2) is 6.04 Å². The van der Waals surface area contributed by atoms with Gasteiger partial charge in [0.1, 0.15) is 0 Å². The van der Waals surface area contributed by atoms with Crippen LogP contribution in [0.25, 0.3) is 0 Å². The van der Waals surface area contributed by atoms with E-state index in [0.29, 0.717) is 0 Å². The van der Waals surface area contributed by atoms with Crippen molar-refractivity contribution in [3.05, 3.63) is 30.3 Å². The Balaban J connectivity index is 1.55. The van der Waals surface area contributed by atoms with Crippen molar-refractivity contribution >= 4 is 5.69 Å². The van der Waals surface area contributed by atoms with Gasteiger partial charge in [-0.2, -0.15) is 0 Å². The minimum absolute atomic E-state index is 0.769. The van der Waals surface area contributed by atoms with E-state index in [1.165, 1.54) is 31.4 Å². The van der Waals surface area contributed by atoms with E-state index in [4.69, 9.17) is 0 Å². The normalized spacial score (nSPS) is 42.7. The van der Waals surface area contributed by atoms with Crippen molar-refractivity contribution in [2.24, 2.45) is 23.7 Å². The van der Waals surface area contributed by atoms with E-state index in [9.17, 15) is 0 Å². The van der Waals surface area contributed by atoms with Crippen molar-refractivity contribution in [2.45, 2.75) is 38.1 Å². The summed E-state index contributed by atoms with van der Waals surface area (Å²) in [5, 5.41) is 3.82. The zero-order chi connectivity index (χ0) is 11.2. The summed E-state index contributed by atoms with van der Waals surface area (Å²) in [6.07, 6.45) is 7.54. The van der Waals surface area contributed by atoms with Crippen LogP contribution in [0.3, 0.4) is 0 Å². The second kappa shape index (κ2) is 3.76. The molecule has 0 unspecified atom stereocenters. The first-order chi connectivity index (χ1) is 8.38. The fraction of sp³-hybridized carbons (Fsp3) is 0.625. The van der Waals surface area contributed by atoms with E-state index >= 15 is 0 Å². The van der Waals surface area contributed by atoms with Crippen molar-refractivity contribution < 1.29 is 0 Å². The quantitative estimate of drug-likeness (QED) is 0.807. The van der Waals surface area contributed by atoms with Gasteiger partial charge in [0, 0.05) is 11.7 Å². The molecule has 0 aliphatic heterocycles. The van der Waals surface area contributed by atoms with Gasteiger partial charge in [0.05, 0.1) is 0 Å². The van der Waals surface area contributed by atoms with Gasteiger partial charge in [-0.1, -0.05) is 18.2 Å². The van der Waals surface area contributed by atoms with E-state index in [1.54, 1.807) is 6.42 Å². The molecule has 4 aliphatic carbocycles. The SMILES string of the molecule is c1ccc(NC2C3CC4CC(C3)CC2C4)cc1. The van der Waals surface area contributed by atoms with Gasteiger partial charge in [0.15, 0.2) is 0 Å². The van der Waals surface area contributed by atoms with E-state index in [2.05, 4.69) is 35.6 Å². The summed E-state index contributed by atoms with van der Waals surface area (Å²) in [7, 11) is 0. The second-order valence-electron chi connectivity index (χ2n) is 6.47. The number of nitrogens with one attached hydrogen (secondary N) is 1. The smallest absolute Gasteiger partial charge is 0.0342 e. The molecule has 1 N–H and O–H groups in total. The van der Waals surface area contributed by atoms with Gasteiger partial charge >= 0.3 is 0 Å². The Kier molecular flexibility index (Phi) is 2.21. The zero-order valence-corrected chi connectivity index (χ0v) is 10.3. The summed E-state index contributed by atoms with van der Waals surface area (Å²) >= 11 is 0. The van der Waals surface area contributed by atoms with E-state index in [0.717, 1.165) is 29.7 Å². The monoisotopic (exact) mass is 227 g/mol. The lowest BCUT2D eigenvalue weighted by Crippen LogP contribution is -2.51. The first-order valence-corrected chi connectivity index (χ1v) is 7.20. The maximum atomic E-state index is 3.82. The Morgan fingerprint density at radius 1 is 0.765 bits per heavy atom. The molecule has 1 aromatic rings. The lowest BCUT2D eigenvalue weighted by atomic mass is 9.54. The van der Waals surface area contributed by atoms with Crippen molar-refractivity contribution in [2.75, 3.05) is 5.32 Å². The van der Waals surface area contributed by atoms with Crippen LogP contribution in [0.5, 0.6) is 0 Å². The van der Waals surface area contributed by atoms with Gasteiger partial charge < -0.3 is 5.32 Å². The maximum absolute atomic E-state index is 3.82. The van der Waals surface area contributed by atoms with Crippen molar-refractivity contribution in [3.63, 3.8) is 0 Å². The van der Waals surface area contributed by atoms with E-state index in [1.807, 2.05) is 0 Å². The summed E-state index contributed by atoms with van der Waals surface area (Å²) in [5.74, 6) is 4.08. The molecule has 4 aliphatic rings. The summed E-state index contributed by atoms with van der Waals surface area (Å²) in [6, 6.07) is 11.6. The molecule has 0 spiro atoms. The first kappa shape index (κ1) is 9.99. The fourth-order valence-electron chi connectivity index (χ4n) is 4.89. The van der Waals surface area contributed by atoms with Crippen LogP contribution in [0.1, 0.15) is 32.1 Å². The number of benzene rings is 1. The summed E-state index contributed by atoms with van der Waals surface area (Å²) in [4.78, 5) is 0. The molecule has 4 fully saturated rings. The zero-order valence-electron chi connectivity index (χ0n) is 10.3. The Morgan fingerprint density at radius 3 is 1.94 bits per heavy atom. The third-order valence-electron chi connectivity index (χ3n) is 5.33.